The van der Waals surface area contributed by atoms with E-state index < -0.39 is 16.1 Å². The van der Waals surface area contributed by atoms with Crippen LogP contribution in [0.4, 0.5) is 0 Å². The van der Waals surface area contributed by atoms with Gasteiger partial charge in [0.05, 0.1) is 43.6 Å². The van der Waals surface area contributed by atoms with Crippen molar-refractivity contribution in [3.8, 4) is 11.3 Å². The molecule has 6 rings (SSSR count). The minimum absolute atomic E-state index is 0.109. The molecule has 3 fully saturated rings. The minimum atomic E-state index is -3.26. The van der Waals surface area contributed by atoms with Gasteiger partial charge in [0, 0.05) is 24.6 Å². The Hall–Kier alpha value is -1.74. The number of piperidine rings is 1. The van der Waals surface area contributed by atoms with E-state index in [0.29, 0.717) is 26.3 Å². The van der Waals surface area contributed by atoms with Gasteiger partial charge in [0.25, 0.3) is 0 Å². The summed E-state index contributed by atoms with van der Waals surface area (Å²) in [6.07, 6.45) is 5.71. The van der Waals surface area contributed by atoms with Crippen LogP contribution in [0.1, 0.15) is 30.9 Å². The second kappa shape index (κ2) is 6.14. The maximum Gasteiger partial charge on any atom is 0.221 e. The van der Waals surface area contributed by atoms with Gasteiger partial charge < -0.3 is 14.4 Å². The Labute approximate surface area is 170 Å². The number of fused-ring (bicyclic) bond motifs is 3. The molecule has 1 aliphatic carbocycles. The molecule has 7 nitrogen and oxygen atoms in total. The topological polar surface area (TPSA) is 84.7 Å². The van der Waals surface area contributed by atoms with Gasteiger partial charge in [0.15, 0.2) is 0 Å². The Morgan fingerprint density at radius 3 is 2.62 bits per heavy atom. The van der Waals surface area contributed by atoms with Crippen molar-refractivity contribution in [2.45, 2.75) is 36.7 Å². The van der Waals surface area contributed by atoms with Crippen molar-refractivity contribution < 1.29 is 18.3 Å². The molecule has 3 atom stereocenters. The molecular weight excluding hydrogens is 390 g/mol. The standard InChI is InChI=1S/C21H25N3O4S/c25-20-17(19-16-4-2-1-3-15(16)18-10-22-13-24(18)19)9-21(20)5-7-23(8-6-21)29(26,27)14-11-28-12-14/h1-4,10,13-14,17,19-20,25H,5-9,11-12H2/t17-,19+,20+/m0/s1. The summed E-state index contributed by atoms with van der Waals surface area (Å²) in [6, 6.07) is 8.48. The summed E-state index contributed by atoms with van der Waals surface area (Å²) < 4.78 is 34.2. The number of hydrogen-bond donors (Lipinski definition) is 1. The second-order valence-corrected chi connectivity index (χ2v) is 11.2. The predicted octanol–water partition coefficient (Wildman–Crippen LogP) is 1.64. The highest BCUT2D eigenvalue weighted by atomic mass is 32.2. The highest BCUT2D eigenvalue weighted by Crippen LogP contribution is 2.59. The number of aliphatic hydroxyl groups is 1. The van der Waals surface area contributed by atoms with E-state index in [2.05, 4.69) is 27.8 Å². The lowest BCUT2D eigenvalue weighted by atomic mass is 9.53. The third kappa shape index (κ3) is 2.40. The lowest BCUT2D eigenvalue weighted by molar-refractivity contribution is -0.152. The molecule has 29 heavy (non-hydrogen) atoms. The van der Waals surface area contributed by atoms with E-state index in [-0.39, 0.29) is 22.6 Å². The van der Waals surface area contributed by atoms with E-state index >= 15 is 0 Å². The van der Waals surface area contributed by atoms with Crippen LogP contribution < -0.4 is 0 Å². The second-order valence-electron chi connectivity index (χ2n) is 9.00. The van der Waals surface area contributed by atoms with Gasteiger partial charge in [-0.05, 0) is 30.2 Å². The number of sulfonamides is 1. The molecule has 1 aromatic heterocycles. The number of ether oxygens (including phenoxy) is 1. The highest BCUT2D eigenvalue weighted by molar-refractivity contribution is 7.89. The van der Waals surface area contributed by atoms with Crippen LogP contribution in [-0.2, 0) is 14.8 Å². The van der Waals surface area contributed by atoms with E-state index in [1.54, 1.807) is 4.31 Å². The first-order valence-electron chi connectivity index (χ1n) is 10.4. The summed E-state index contributed by atoms with van der Waals surface area (Å²) in [5.41, 5.74) is 3.41. The summed E-state index contributed by atoms with van der Waals surface area (Å²) in [5, 5.41) is 10.9. The molecule has 154 valence electrons. The van der Waals surface area contributed by atoms with Crippen LogP contribution in [0.2, 0.25) is 0 Å². The molecule has 0 amide bonds. The van der Waals surface area contributed by atoms with Crippen molar-refractivity contribution >= 4 is 10.0 Å². The molecule has 3 aliphatic heterocycles. The summed E-state index contributed by atoms with van der Waals surface area (Å²) >= 11 is 0. The molecule has 4 heterocycles. The molecule has 1 aromatic carbocycles. The van der Waals surface area contributed by atoms with Crippen molar-refractivity contribution in [1.82, 2.24) is 13.9 Å². The van der Waals surface area contributed by atoms with Crippen LogP contribution in [0.15, 0.2) is 36.8 Å². The summed E-state index contributed by atoms with van der Waals surface area (Å²) in [6.45, 7) is 1.62. The molecule has 1 N–H and O–H groups in total. The third-order valence-corrected chi connectivity index (χ3v) is 9.91. The quantitative estimate of drug-likeness (QED) is 0.824. The molecule has 2 aromatic rings. The summed E-state index contributed by atoms with van der Waals surface area (Å²) in [5.74, 6) is 0.134. The first-order chi connectivity index (χ1) is 14.0. The van der Waals surface area contributed by atoms with Crippen LogP contribution in [0.5, 0.6) is 0 Å². The number of hydrogen-bond acceptors (Lipinski definition) is 5. The number of aromatic nitrogens is 2. The molecule has 2 saturated heterocycles. The summed E-state index contributed by atoms with van der Waals surface area (Å²) in [4.78, 5) is 4.33. The van der Waals surface area contributed by atoms with Crippen LogP contribution in [0.3, 0.4) is 0 Å². The van der Waals surface area contributed by atoms with Gasteiger partial charge in [-0.3, -0.25) is 0 Å². The molecular formula is C21H25N3O4S. The van der Waals surface area contributed by atoms with Crippen molar-refractivity contribution in [3.05, 3.63) is 42.4 Å². The van der Waals surface area contributed by atoms with Crippen LogP contribution in [-0.4, -0.2) is 65.0 Å². The average molecular weight is 416 g/mol. The first kappa shape index (κ1) is 18.1. The molecule has 0 unspecified atom stereocenters. The fourth-order valence-electron chi connectivity index (χ4n) is 5.87. The summed E-state index contributed by atoms with van der Waals surface area (Å²) in [7, 11) is -3.26. The number of imidazole rings is 1. The van der Waals surface area contributed by atoms with Gasteiger partial charge >= 0.3 is 0 Å². The molecule has 1 saturated carbocycles. The SMILES string of the molecule is O=S(=O)(C1COC1)N1CCC2(CC1)C[C@@H]([C@H]1c3ccccc3-c3cncn31)[C@H]2O. The minimum Gasteiger partial charge on any atom is -0.392 e. The number of nitrogens with zero attached hydrogens (tertiary/aromatic N) is 3. The fourth-order valence-corrected chi connectivity index (χ4v) is 7.52. The zero-order valence-electron chi connectivity index (χ0n) is 16.1. The Kier molecular flexibility index (Phi) is 3.82. The molecule has 1 spiro atoms. The van der Waals surface area contributed by atoms with E-state index in [0.717, 1.165) is 25.0 Å². The maximum atomic E-state index is 12.7. The Balaban J connectivity index is 1.21. The van der Waals surface area contributed by atoms with Crippen molar-refractivity contribution in [1.29, 1.82) is 0 Å². The van der Waals surface area contributed by atoms with E-state index in [1.165, 1.54) is 11.1 Å². The van der Waals surface area contributed by atoms with E-state index in [9.17, 15) is 13.5 Å². The first-order valence-corrected chi connectivity index (χ1v) is 11.9. The normalized spacial score (nSPS) is 31.1. The van der Waals surface area contributed by atoms with Crippen molar-refractivity contribution in [2.24, 2.45) is 11.3 Å². The molecule has 8 heteroatoms. The highest BCUT2D eigenvalue weighted by Gasteiger charge is 2.58. The number of benzene rings is 1. The largest absolute Gasteiger partial charge is 0.392 e. The van der Waals surface area contributed by atoms with Crippen molar-refractivity contribution in [3.63, 3.8) is 0 Å². The lowest BCUT2D eigenvalue weighted by Gasteiger charge is -2.57. The Morgan fingerprint density at radius 2 is 1.93 bits per heavy atom. The Morgan fingerprint density at radius 1 is 1.17 bits per heavy atom. The maximum absolute atomic E-state index is 12.7. The Bertz CT molecular complexity index is 1050. The smallest absolute Gasteiger partial charge is 0.221 e. The van der Waals surface area contributed by atoms with Crippen LogP contribution in [0, 0.1) is 11.3 Å². The van der Waals surface area contributed by atoms with E-state index in [1.807, 2.05) is 18.6 Å². The van der Waals surface area contributed by atoms with Gasteiger partial charge in [0.2, 0.25) is 10.0 Å². The zero-order valence-corrected chi connectivity index (χ0v) is 17.0. The van der Waals surface area contributed by atoms with E-state index in [4.69, 9.17) is 4.74 Å². The fraction of sp³-hybridized carbons (Fsp3) is 0.571. The van der Waals surface area contributed by atoms with Gasteiger partial charge in [0.1, 0.15) is 5.25 Å². The average Bonchev–Trinajstić information content (AvgIpc) is 3.26. The number of aliphatic hydroxyl groups excluding tert-OH is 1. The van der Waals surface area contributed by atoms with Gasteiger partial charge in [-0.15, -0.1) is 0 Å². The van der Waals surface area contributed by atoms with Crippen LogP contribution in [0.25, 0.3) is 11.3 Å². The predicted molar refractivity (Wildman–Crippen MR) is 107 cm³/mol. The molecule has 0 bridgehead atoms. The third-order valence-electron chi connectivity index (χ3n) is 7.71. The zero-order chi connectivity index (χ0) is 19.8. The van der Waals surface area contributed by atoms with Gasteiger partial charge in [-0.2, -0.15) is 0 Å². The monoisotopic (exact) mass is 415 g/mol. The number of rotatable bonds is 3. The van der Waals surface area contributed by atoms with Gasteiger partial charge in [-0.25, -0.2) is 17.7 Å². The van der Waals surface area contributed by atoms with Gasteiger partial charge in [-0.1, -0.05) is 24.3 Å². The molecule has 0 radical (unpaired) electrons. The lowest BCUT2D eigenvalue weighted by Crippen LogP contribution is -2.61. The molecule has 4 aliphatic rings. The van der Waals surface area contributed by atoms with Crippen LogP contribution >= 0.6 is 0 Å². The van der Waals surface area contributed by atoms with Crippen molar-refractivity contribution in [2.75, 3.05) is 26.3 Å².